The Balaban J connectivity index is -0.000000371. The maximum absolute atomic E-state index is 12.1. The first-order valence-corrected chi connectivity index (χ1v) is 20.7. The normalized spacial score (nSPS) is 11.8. The first kappa shape index (κ1) is 48.5. The van der Waals surface area contributed by atoms with Crippen molar-refractivity contribution in [3.8, 4) is 0 Å². The van der Waals surface area contributed by atoms with Crippen molar-refractivity contribution in [3.05, 3.63) is 6.92 Å². The van der Waals surface area contributed by atoms with E-state index in [9.17, 15) is 4.57 Å². The molecule has 15 heteroatoms. The number of unbranched alkanes of at least 4 members (excludes halogenated alkanes) is 18. The predicted octanol–water partition coefficient (Wildman–Crippen LogP) is 9.22. The van der Waals surface area contributed by atoms with Gasteiger partial charge in [-0.05, 0) is 30.0 Å². The molecule has 4 N–H and O–H groups in total. The summed E-state index contributed by atoms with van der Waals surface area (Å²) in [7, 11) is -4.65. The van der Waals surface area contributed by atoms with Crippen LogP contribution in [0.2, 0.25) is 0 Å². The summed E-state index contributed by atoms with van der Waals surface area (Å²) < 4.78 is 25.5. The van der Waals surface area contributed by atoms with Gasteiger partial charge in [-0.3, -0.25) is 4.52 Å². The molecule has 0 aromatic carbocycles. The molecule has 0 aromatic heterocycles. The summed E-state index contributed by atoms with van der Waals surface area (Å²) in [5, 5.41) is 0. The van der Waals surface area contributed by atoms with E-state index in [1.165, 1.54) is 96.3 Å². The fourth-order valence-corrected chi connectivity index (χ4v) is 8.25. The SMILES string of the molecule is CCCCCCCCCCCCOP(=O)(OP(O)(O)=S)OP(O)(O)=S.[CH2-]CCCCCCCCCCC.[Mo].[Zn]. The van der Waals surface area contributed by atoms with E-state index in [1.807, 2.05) is 0 Å². The second-order valence-corrected chi connectivity index (χ2v) is 16.6. The van der Waals surface area contributed by atoms with Crippen molar-refractivity contribution in [3.63, 3.8) is 0 Å². The van der Waals surface area contributed by atoms with E-state index < -0.39 is 21.3 Å². The standard InChI is InChI=1S/C12H29O8P3S2.C12H25.Mo.Zn/c1-2-3-4-5-6-7-8-9-10-11-12-18-23(17,19-21(13,14)24)20-22(15,16)25;1-3-5-7-9-11-12-10-8-6-4-2;;/h2-12H2,1H3,(H2,13,14,24)(H2,15,16,25);1,3-12H2,2H3;;/q;-1;;. The quantitative estimate of drug-likeness (QED) is 0.0308. The first-order chi connectivity index (χ1) is 17.4. The molecule has 0 radical (unpaired) electrons. The molecule has 0 spiro atoms. The minimum Gasteiger partial charge on any atom is -0.343 e. The summed E-state index contributed by atoms with van der Waals surface area (Å²) in [5.74, 6) is 0. The minimum atomic E-state index is -4.65. The van der Waals surface area contributed by atoms with Crippen molar-refractivity contribution in [2.24, 2.45) is 0 Å². The van der Waals surface area contributed by atoms with Crippen LogP contribution in [0, 0.1) is 6.92 Å². The summed E-state index contributed by atoms with van der Waals surface area (Å²) >= 11 is 8.38. The van der Waals surface area contributed by atoms with E-state index in [-0.39, 0.29) is 47.2 Å². The second kappa shape index (κ2) is 32.0. The molecule has 0 aliphatic carbocycles. The molecule has 0 saturated carbocycles. The van der Waals surface area contributed by atoms with Crippen molar-refractivity contribution in [2.45, 2.75) is 142 Å². The van der Waals surface area contributed by atoms with Crippen molar-refractivity contribution in [2.75, 3.05) is 6.61 Å². The van der Waals surface area contributed by atoms with Gasteiger partial charge in [0.25, 0.3) is 0 Å². The number of hydrogen-bond acceptors (Lipinski definition) is 6. The van der Waals surface area contributed by atoms with Gasteiger partial charge >= 0.3 is 21.3 Å². The van der Waals surface area contributed by atoms with Gasteiger partial charge in [-0.15, -0.1) is 0 Å². The zero-order chi connectivity index (χ0) is 28.5. The number of phosphoric acid groups is 1. The van der Waals surface area contributed by atoms with Gasteiger partial charge in [0.1, 0.15) is 0 Å². The van der Waals surface area contributed by atoms with Gasteiger partial charge in [0.15, 0.2) is 0 Å². The first-order valence-electron chi connectivity index (χ1n) is 14.0. The minimum absolute atomic E-state index is 0. The summed E-state index contributed by atoms with van der Waals surface area (Å²) in [6.45, 7) is -0.555. The molecule has 39 heavy (non-hydrogen) atoms. The van der Waals surface area contributed by atoms with E-state index in [2.05, 4.69) is 53.0 Å². The van der Waals surface area contributed by atoms with Crippen LogP contribution in [-0.4, -0.2) is 26.2 Å². The molecule has 0 bridgehead atoms. The molecule has 0 aliphatic heterocycles. The average Bonchev–Trinajstić information content (AvgIpc) is 2.77. The third-order valence-corrected chi connectivity index (χ3v) is 10.5. The fourth-order valence-electron chi connectivity index (χ4n) is 3.58. The monoisotopic (exact) mass is 789 g/mol. The smallest absolute Gasteiger partial charge is 0.343 e. The number of hydrogen-bond donors (Lipinski definition) is 4. The molecule has 0 heterocycles. The molecule has 8 nitrogen and oxygen atoms in total. The van der Waals surface area contributed by atoms with Crippen LogP contribution in [-0.2, 0) is 81.9 Å². The zero-order valence-electron chi connectivity index (χ0n) is 24.3. The molecule has 0 amide bonds. The average molecular weight is 789 g/mol. The topological polar surface area (TPSA) is 126 Å². The van der Waals surface area contributed by atoms with Gasteiger partial charge in [0.2, 0.25) is 0 Å². The molecule has 0 aromatic rings. The van der Waals surface area contributed by atoms with Crippen molar-refractivity contribution in [1.82, 2.24) is 0 Å². The Morgan fingerprint density at radius 1 is 0.590 bits per heavy atom. The van der Waals surface area contributed by atoms with Crippen LogP contribution in [0.5, 0.6) is 0 Å². The Hall–Kier alpha value is 2.56. The van der Waals surface area contributed by atoms with E-state index in [4.69, 9.17) is 24.1 Å². The van der Waals surface area contributed by atoms with Crippen LogP contribution in [0.25, 0.3) is 0 Å². The van der Waals surface area contributed by atoms with E-state index in [1.54, 1.807) is 0 Å². The zero-order valence-corrected chi connectivity index (χ0v) is 33.5. The van der Waals surface area contributed by atoms with Gasteiger partial charge in [-0.2, -0.15) is 6.42 Å². The molecule has 234 valence electrons. The van der Waals surface area contributed by atoms with Gasteiger partial charge in [-0.25, -0.2) is 13.2 Å². The predicted molar refractivity (Wildman–Crippen MR) is 162 cm³/mol. The molecule has 0 rings (SSSR count). The Kier molecular flexibility index (Phi) is 39.7. The van der Waals surface area contributed by atoms with Crippen molar-refractivity contribution < 1.29 is 77.8 Å². The Morgan fingerprint density at radius 3 is 1.15 bits per heavy atom. The summed E-state index contributed by atoms with van der Waals surface area (Å²) in [5.41, 5.74) is 0. The van der Waals surface area contributed by atoms with Crippen LogP contribution in [0.3, 0.4) is 0 Å². The maximum Gasteiger partial charge on any atom is 0.489 e. The Labute approximate surface area is 276 Å². The van der Waals surface area contributed by atoms with Gasteiger partial charge in [0, 0.05) is 40.5 Å². The van der Waals surface area contributed by atoms with Gasteiger partial charge in [-0.1, -0.05) is 129 Å². The number of rotatable bonds is 25. The summed E-state index contributed by atoms with van der Waals surface area (Å²) in [4.78, 5) is 36.3. The molecular formula is C24H54MoO8P3S2Zn-. The van der Waals surface area contributed by atoms with Gasteiger partial charge < -0.3 is 26.5 Å². The molecule has 0 aliphatic rings. The molecule has 0 saturated heterocycles. The van der Waals surface area contributed by atoms with Gasteiger partial charge in [0.05, 0.1) is 6.61 Å². The fraction of sp³-hybridized carbons (Fsp3) is 0.958. The largest absolute Gasteiger partial charge is 0.489 e. The second-order valence-electron chi connectivity index (χ2n) is 9.29. The maximum atomic E-state index is 12.1. The Morgan fingerprint density at radius 2 is 0.872 bits per heavy atom. The summed E-state index contributed by atoms with van der Waals surface area (Å²) in [6.07, 6.45) is 24.8. The molecule has 0 atom stereocenters. The van der Waals surface area contributed by atoms with Crippen LogP contribution in [0.4, 0.5) is 0 Å². The van der Waals surface area contributed by atoms with Crippen molar-refractivity contribution in [1.29, 1.82) is 0 Å². The molecule has 0 fully saturated rings. The van der Waals surface area contributed by atoms with Crippen molar-refractivity contribution >= 4 is 44.9 Å². The summed E-state index contributed by atoms with van der Waals surface area (Å²) in [6, 6.07) is 0. The third-order valence-electron chi connectivity index (χ3n) is 5.51. The van der Waals surface area contributed by atoms with Crippen LogP contribution in [0.1, 0.15) is 142 Å². The van der Waals surface area contributed by atoms with E-state index in [0.29, 0.717) is 6.42 Å². The van der Waals surface area contributed by atoms with Crippen LogP contribution < -0.4 is 0 Å². The van der Waals surface area contributed by atoms with E-state index >= 15 is 0 Å². The Bertz CT molecular complexity index is 619. The van der Waals surface area contributed by atoms with Crippen LogP contribution in [0.15, 0.2) is 0 Å². The third kappa shape index (κ3) is 42.8. The van der Waals surface area contributed by atoms with E-state index in [0.717, 1.165) is 25.7 Å². The molecular weight excluding hydrogens is 735 g/mol. The van der Waals surface area contributed by atoms with Crippen LogP contribution >= 0.6 is 21.3 Å². The molecule has 0 unspecified atom stereocenters.